The highest BCUT2D eigenvalue weighted by molar-refractivity contribution is 7.90. The van der Waals surface area contributed by atoms with Crippen molar-refractivity contribution in [1.29, 1.82) is 0 Å². The molecule has 30 heavy (non-hydrogen) atoms. The van der Waals surface area contributed by atoms with Gasteiger partial charge in [0.15, 0.2) is 0 Å². The van der Waals surface area contributed by atoms with E-state index in [4.69, 9.17) is 0 Å². The first kappa shape index (κ1) is 20.6. The average molecular weight is 442 g/mol. The van der Waals surface area contributed by atoms with Gasteiger partial charge in [-0.2, -0.15) is 0 Å². The van der Waals surface area contributed by atoms with Crippen LogP contribution in [-0.4, -0.2) is 30.5 Å². The molecule has 0 unspecified atom stereocenters. The Morgan fingerprint density at radius 3 is 2.43 bits per heavy atom. The third-order valence-corrected chi connectivity index (χ3v) is 7.48. The van der Waals surface area contributed by atoms with Crippen LogP contribution in [0.5, 0.6) is 5.75 Å². The largest absolute Gasteiger partial charge is 0.507 e. The summed E-state index contributed by atoms with van der Waals surface area (Å²) >= 11 is 1.38. The number of aromatic hydroxyl groups is 1. The van der Waals surface area contributed by atoms with E-state index >= 15 is 0 Å². The summed E-state index contributed by atoms with van der Waals surface area (Å²) < 4.78 is 23.8. The topological polar surface area (TPSA) is 87.2 Å². The fourth-order valence-electron chi connectivity index (χ4n) is 3.80. The number of pyridine rings is 1. The number of phenols is 1. The highest BCUT2D eigenvalue weighted by Gasteiger charge is 2.23. The van der Waals surface area contributed by atoms with E-state index in [9.17, 15) is 18.3 Å². The van der Waals surface area contributed by atoms with E-state index in [0.717, 1.165) is 21.9 Å². The summed E-state index contributed by atoms with van der Waals surface area (Å²) in [6, 6.07) is 13.1. The van der Waals surface area contributed by atoms with Crippen molar-refractivity contribution in [3.05, 3.63) is 63.8 Å². The molecule has 0 fully saturated rings. The molecule has 4 aromatic rings. The number of aromatic amines is 1. The van der Waals surface area contributed by atoms with Crippen LogP contribution in [-0.2, 0) is 15.3 Å². The zero-order valence-corrected chi connectivity index (χ0v) is 18.7. The molecule has 4 rings (SSSR count). The maximum atomic E-state index is 12.3. The Balaban J connectivity index is 1.83. The molecule has 0 radical (unpaired) electrons. The number of benzene rings is 2. The summed E-state index contributed by atoms with van der Waals surface area (Å²) in [5, 5.41) is 14.2. The minimum Gasteiger partial charge on any atom is -0.507 e. The van der Waals surface area contributed by atoms with Gasteiger partial charge in [-0.05, 0) is 46.5 Å². The number of thiophene rings is 1. The molecule has 2 aromatic carbocycles. The standard InChI is InChI=1S/C23H23NO4S2/c1-23(2,11-13-30(3,27)28)15-6-4-14(5-7-15)19-18(25)9-8-17-20(19)16-10-12-29-21(16)22(26)24-17/h4-10,12,25H,11,13H2,1-3H3,(H,24,26). The van der Waals surface area contributed by atoms with Gasteiger partial charge < -0.3 is 10.1 Å². The maximum Gasteiger partial charge on any atom is 0.266 e. The summed E-state index contributed by atoms with van der Waals surface area (Å²) in [7, 11) is -3.03. The molecular weight excluding hydrogens is 418 g/mol. The molecule has 0 saturated carbocycles. The summed E-state index contributed by atoms with van der Waals surface area (Å²) in [6.45, 7) is 4.06. The highest BCUT2D eigenvalue weighted by atomic mass is 32.2. The van der Waals surface area contributed by atoms with Crippen molar-refractivity contribution in [3.63, 3.8) is 0 Å². The summed E-state index contributed by atoms with van der Waals surface area (Å²) in [5.74, 6) is 0.279. The lowest BCUT2D eigenvalue weighted by atomic mass is 9.81. The second kappa shape index (κ2) is 7.25. The van der Waals surface area contributed by atoms with Crippen LogP contribution in [0, 0.1) is 0 Å². The van der Waals surface area contributed by atoms with Crippen molar-refractivity contribution < 1.29 is 13.5 Å². The molecule has 2 aromatic heterocycles. The third-order valence-electron chi connectivity index (χ3n) is 5.63. The quantitative estimate of drug-likeness (QED) is 0.464. The molecule has 2 heterocycles. The number of H-pyrrole nitrogens is 1. The first-order valence-corrected chi connectivity index (χ1v) is 12.5. The second-order valence-corrected chi connectivity index (χ2v) is 11.5. The van der Waals surface area contributed by atoms with Crippen molar-refractivity contribution in [3.8, 4) is 16.9 Å². The number of phenolic OH excluding ortho intramolecular Hbond substituents is 1. The molecule has 0 aliphatic carbocycles. The number of hydrogen-bond acceptors (Lipinski definition) is 5. The number of nitrogens with one attached hydrogen (secondary N) is 1. The molecule has 2 N–H and O–H groups in total. The minimum atomic E-state index is -3.03. The van der Waals surface area contributed by atoms with Crippen LogP contribution in [0.4, 0.5) is 0 Å². The van der Waals surface area contributed by atoms with E-state index in [-0.39, 0.29) is 22.5 Å². The van der Waals surface area contributed by atoms with Crippen LogP contribution in [0.1, 0.15) is 25.8 Å². The molecular formula is C23H23NO4S2. The Kier molecular flexibility index (Phi) is 4.98. The monoisotopic (exact) mass is 441 g/mol. The van der Waals surface area contributed by atoms with Gasteiger partial charge in [-0.1, -0.05) is 38.1 Å². The molecule has 0 aliphatic rings. The number of fused-ring (bicyclic) bond motifs is 3. The second-order valence-electron chi connectivity index (χ2n) is 8.34. The fraction of sp³-hybridized carbons (Fsp3) is 0.261. The Hall–Kier alpha value is -2.64. The van der Waals surface area contributed by atoms with Gasteiger partial charge in [-0.25, -0.2) is 8.42 Å². The molecule has 0 spiro atoms. The van der Waals surface area contributed by atoms with Gasteiger partial charge >= 0.3 is 0 Å². The number of aromatic nitrogens is 1. The predicted octanol–water partition coefficient (Wildman–Crippen LogP) is 4.83. The Morgan fingerprint density at radius 1 is 1.07 bits per heavy atom. The van der Waals surface area contributed by atoms with Gasteiger partial charge in [0.1, 0.15) is 20.3 Å². The third kappa shape index (κ3) is 3.75. The lowest BCUT2D eigenvalue weighted by Crippen LogP contribution is -2.21. The first-order valence-electron chi connectivity index (χ1n) is 9.61. The molecule has 5 nitrogen and oxygen atoms in total. The highest BCUT2D eigenvalue weighted by Crippen LogP contribution is 2.40. The molecule has 7 heteroatoms. The van der Waals surface area contributed by atoms with Crippen LogP contribution in [0.15, 0.2) is 52.6 Å². The van der Waals surface area contributed by atoms with Crippen molar-refractivity contribution in [2.45, 2.75) is 25.7 Å². The summed E-state index contributed by atoms with van der Waals surface area (Å²) in [6.07, 6.45) is 1.78. The predicted molar refractivity (Wildman–Crippen MR) is 124 cm³/mol. The lowest BCUT2D eigenvalue weighted by Gasteiger charge is -2.25. The van der Waals surface area contributed by atoms with E-state index in [2.05, 4.69) is 4.98 Å². The van der Waals surface area contributed by atoms with Crippen LogP contribution >= 0.6 is 11.3 Å². The number of rotatable bonds is 5. The van der Waals surface area contributed by atoms with E-state index in [0.29, 0.717) is 22.2 Å². The Bertz CT molecular complexity index is 1410. The lowest BCUT2D eigenvalue weighted by molar-refractivity contribution is 0.478. The smallest absolute Gasteiger partial charge is 0.266 e. The van der Waals surface area contributed by atoms with Crippen molar-refractivity contribution >= 4 is 42.2 Å². The average Bonchev–Trinajstić information content (AvgIpc) is 3.17. The van der Waals surface area contributed by atoms with Gasteiger partial charge in [0.2, 0.25) is 0 Å². The fourth-order valence-corrected chi connectivity index (χ4v) is 5.48. The SMILES string of the molecule is CC(C)(CCS(C)(=O)=O)c1ccc(-c2c(O)ccc3[nH]c(=O)c4sccc4c23)cc1. The zero-order valence-electron chi connectivity index (χ0n) is 17.0. The number of hydrogen-bond donors (Lipinski definition) is 2. The van der Waals surface area contributed by atoms with Gasteiger partial charge in [-0.15, -0.1) is 11.3 Å². The van der Waals surface area contributed by atoms with Crippen LogP contribution in [0.2, 0.25) is 0 Å². The van der Waals surface area contributed by atoms with Gasteiger partial charge in [0, 0.05) is 28.1 Å². The Labute approximate surface area is 178 Å². The summed E-state index contributed by atoms with van der Waals surface area (Å²) in [4.78, 5) is 15.2. The molecule has 0 aliphatic heterocycles. The molecule has 156 valence electrons. The van der Waals surface area contributed by atoms with Crippen LogP contribution in [0.25, 0.3) is 32.1 Å². The summed E-state index contributed by atoms with van der Waals surface area (Å²) in [5.41, 5.74) is 2.79. The minimum absolute atomic E-state index is 0.132. The van der Waals surface area contributed by atoms with E-state index in [1.807, 2.05) is 49.6 Å². The van der Waals surface area contributed by atoms with Crippen LogP contribution in [0.3, 0.4) is 0 Å². The van der Waals surface area contributed by atoms with E-state index < -0.39 is 9.84 Å². The van der Waals surface area contributed by atoms with Gasteiger partial charge in [0.25, 0.3) is 5.56 Å². The Morgan fingerprint density at radius 2 is 1.77 bits per heavy atom. The van der Waals surface area contributed by atoms with Crippen molar-refractivity contribution in [2.75, 3.05) is 12.0 Å². The maximum absolute atomic E-state index is 12.3. The van der Waals surface area contributed by atoms with Gasteiger partial charge in [-0.3, -0.25) is 4.79 Å². The molecule has 0 saturated heterocycles. The van der Waals surface area contributed by atoms with Crippen molar-refractivity contribution in [1.82, 2.24) is 4.98 Å². The van der Waals surface area contributed by atoms with Crippen LogP contribution < -0.4 is 5.56 Å². The molecule has 0 amide bonds. The van der Waals surface area contributed by atoms with E-state index in [1.54, 1.807) is 12.1 Å². The van der Waals surface area contributed by atoms with Crippen molar-refractivity contribution in [2.24, 2.45) is 0 Å². The normalized spacial score (nSPS) is 12.6. The molecule has 0 bridgehead atoms. The first-order chi connectivity index (χ1) is 14.1. The molecule has 0 atom stereocenters. The number of sulfone groups is 1. The van der Waals surface area contributed by atoms with Gasteiger partial charge in [0.05, 0.1) is 5.75 Å². The zero-order chi connectivity index (χ0) is 21.7. The van der Waals surface area contributed by atoms with E-state index in [1.165, 1.54) is 17.6 Å².